The Bertz CT molecular complexity index is 833. The summed E-state index contributed by atoms with van der Waals surface area (Å²) < 4.78 is 27.5. The summed E-state index contributed by atoms with van der Waals surface area (Å²) in [5, 5.41) is 11.8. The number of aryl methyl sites for hydroxylation is 1. The van der Waals surface area contributed by atoms with Crippen LogP contribution in [0.15, 0.2) is 23.1 Å². The molecule has 2 rings (SSSR count). The number of hydrogen-bond donors (Lipinski definition) is 2. The van der Waals surface area contributed by atoms with Crippen molar-refractivity contribution in [3.8, 4) is 0 Å². The minimum absolute atomic E-state index is 0.0548. The summed E-state index contributed by atoms with van der Waals surface area (Å²) in [5.41, 5.74) is -0.246. The fraction of sp³-hybridized carbons (Fsp3) is 0.579. The number of piperidine rings is 1. The summed E-state index contributed by atoms with van der Waals surface area (Å²) in [7, 11) is -3.68. The van der Waals surface area contributed by atoms with Crippen molar-refractivity contribution in [1.82, 2.24) is 9.62 Å². The number of carboxylic acid groups (broad SMARTS) is 1. The van der Waals surface area contributed by atoms with Crippen LogP contribution < -0.4 is 5.32 Å². The maximum absolute atomic E-state index is 13.0. The van der Waals surface area contributed by atoms with E-state index >= 15 is 0 Å². The Labute approximate surface area is 160 Å². The maximum Gasteiger partial charge on any atom is 0.310 e. The van der Waals surface area contributed by atoms with Gasteiger partial charge in [0.15, 0.2) is 0 Å². The van der Waals surface area contributed by atoms with Crippen LogP contribution in [0.2, 0.25) is 0 Å². The van der Waals surface area contributed by atoms with Gasteiger partial charge in [-0.2, -0.15) is 4.31 Å². The molecule has 150 valence electrons. The number of amides is 1. The lowest BCUT2D eigenvalue weighted by Gasteiger charge is -2.32. The highest BCUT2D eigenvalue weighted by Gasteiger charge is 2.32. The Morgan fingerprint density at radius 3 is 2.56 bits per heavy atom. The zero-order valence-electron chi connectivity index (χ0n) is 16.3. The molecule has 7 nitrogen and oxygen atoms in total. The van der Waals surface area contributed by atoms with Crippen LogP contribution in [0.1, 0.15) is 56.0 Å². The van der Waals surface area contributed by atoms with Crippen LogP contribution >= 0.6 is 0 Å². The predicted octanol–water partition coefficient (Wildman–Crippen LogP) is 2.40. The molecule has 1 fully saturated rings. The number of hydrogen-bond acceptors (Lipinski definition) is 4. The molecule has 27 heavy (non-hydrogen) atoms. The molecule has 1 unspecified atom stereocenters. The standard InChI is InChI=1S/C19H28N2O5S/c1-13-8-9-15(27(25,26)21-10-6-5-7-14(21)2)11-16(13)17(22)20-12-19(3,4)18(23)24/h8-9,11,14H,5-7,10,12H2,1-4H3,(H,20,22)(H,23,24). The molecule has 0 saturated carbocycles. The molecule has 0 bridgehead atoms. The molecule has 8 heteroatoms. The third kappa shape index (κ3) is 4.68. The zero-order valence-corrected chi connectivity index (χ0v) is 17.1. The number of sulfonamides is 1. The van der Waals surface area contributed by atoms with Crippen LogP contribution in [-0.4, -0.2) is 48.8 Å². The van der Waals surface area contributed by atoms with Gasteiger partial charge in [-0.25, -0.2) is 8.42 Å². The Hall–Kier alpha value is -1.93. The van der Waals surface area contributed by atoms with Gasteiger partial charge in [0.1, 0.15) is 0 Å². The van der Waals surface area contributed by atoms with E-state index in [0.29, 0.717) is 12.1 Å². The third-order valence-electron chi connectivity index (χ3n) is 5.07. The van der Waals surface area contributed by atoms with Crippen molar-refractivity contribution in [3.63, 3.8) is 0 Å². The molecular formula is C19H28N2O5S. The fourth-order valence-electron chi connectivity index (χ4n) is 3.04. The molecule has 1 aliphatic rings. The average Bonchev–Trinajstić information content (AvgIpc) is 2.60. The summed E-state index contributed by atoms with van der Waals surface area (Å²) in [4.78, 5) is 23.8. The number of carbonyl (C=O) groups excluding carboxylic acids is 1. The summed E-state index contributed by atoms with van der Waals surface area (Å²) in [6.07, 6.45) is 2.66. The molecule has 1 heterocycles. The predicted molar refractivity (Wildman–Crippen MR) is 102 cm³/mol. The van der Waals surface area contributed by atoms with Gasteiger partial charge < -0.3 is 10.4 Å². The van der Waals surface area contributed by atoms with E-state index in [4.69, 9.17) is 5.11 Å². The van der Waals surface area contributed by atoms with Crippen molar-refractivity contribution in [2.75, 3.05) is 13.1 Å². The van der Waals surface area contributed by atoms with Crippen molar-refractivity contribution in [2.24, 2.45) is 5.41 Å². The van der Waals surface area contributed by atoms with Crippen LogP contribution in [-0.2, 0) is 14.8 Å². The highest BCUT2D eigenvalue weighted by Crippen LogP contribution is 2.26. The second-order valence-corrected chi connectivity index (χ2v) is 9.70. The van der Waals surface area contributed by atoms with Crippen LogP contribution in [0.25, 0.3) is 0 Å². The van der Waals surface area contributed by atoms with Gasteiger partial charge >= 0.3 is 5.97 Å². The molecule has 0 radical (unpaired) electrons. The molecule has 0 aliphatic carbocycles. The molecule has 1 saturated heterocycles. The number of nitrogens with zero attached hydrogens (tertiary/aromatic N) is 1. The lowest BCUT2D eigenvalue weighted by atomic mass is 9.93. The molecule has 1 amide bonds. The van der Waals surface area contributed by atoms with Gasteiger partial charge in [-0.05, 0) is 58.2 Å². The molecular weight excluding hydrogens is 368 g/mol. The normalized spacial score (nSPS) is 18.9. The minimum Gasteiger partial charge on any atom is -0.481 e. The van der Waals surface area contributed by atoms with E-state index in [0.717, 1.165) is 19.3 Å². The van der Waals surface area contributed by atoms with Crippen molar-refractivity contribution >= 4 is 21.9 Å². The number of rotatable bonds is 6. The van der Waals surface area contributed by atoms with Gasteiger partial charge in [0.2, 0.25) is 10.0 Å². The number of carbonyl (C=O) groups is 2. The summed E-state index contributed by atoms with van der Waals surface area (Å²) in [6.45, 7) is 7.07. The highest BCUT2D eigenvalue weighted by molar-refractivity contribution is 7.89. The second kappa shape index (κ2) is 7.98. The zero-order chi connectivity index (χ0) is 20.4. The average molecular weight is 397 g/mol. The molecule has 1 aromatic rings. The topological polar surface area (TPSA) is 104 Å². The van der Waals surface area contributed by atoms with Crippen LogP contribution in [0.3, 0.4) is 0 Å². The Kier molecular flexibility index (Phi) is 6.32. The monoisotopic (exact) mass is 396 g/mol. The molecule has 1 aliphatic heterocycles. The van der Waals surface area contributed by atoms with E-state index in [1.807, 2.05) is 6.92 Å². The van der Waals surface area contributed by atoms with Gasteiger partial charge in [0.25, 0.3) is 5.91 Å². The molecule has 0 spiro atoms. The Morgan fingerprint density at radius 1 is 1.30 bits per heavy atom. The van der Waals surface area contributed by atoms with E-state index in [2.05, 4.69) is 5.32 Å². The number of nitrogens with one attached hydrogen (secondary N) is 1. The van der Waals surface area contributed by atoms with Crippen molar-refractivity contribution in [2.45, 2.75) is 57.9 Å². The highest BCUT2D eigenvalue weighted by atomic mass is 32.2. The van der Waals surface area contributed by atoms with Gasteiger partial charge in [0.05, 0.1) is 10.3 Å². The first-order valence-electron chi connectivity index (χ1n) is 9.11. The number of carboxylic acids is 1. The molecule has 0 aromatic heterocycles. The fourth-order valence-corrected chi connectivity index (χ4v) is 4.77. The van der Waals surface area contributed by atoms with E-state index in [-0.39, 0.29) is 23.0 Å². The van der Waals surface area contributed by atoms with E-state index in [1.165, 1.54) is 30.3 Å². The summed E-state index contributed by atoms with van der Waals surface area (Å²) >= 11 is 0. The third-order valence-corrected chi connectivity index (χ3v) is 7.08. The largest absolute Gasteiger partial charge is 0.481 e. The minimum atomic E-state index is -3.68. The van der Waals surface area contributed by atoms with Crippen LogP contribution in [0.5, 0.6) is 0 Å². The molecule has 1 aromatic carbocycles. The lowest BCUT2D eigenvalue weighted by molar-refractivity contribution is -0.146. The van der Waals surface area contributed by atoms with Crippen molar-refractivity contribution in [1.29, 1.82) is 0 Å². The first kappa shape index (κ1) is 21.4. The van der Waals surface area contributed by atoms with Crippen molar-refractivity contribution < 1.29 is 23.1 Å². The van der Waals surface area contributed by atoms with Gasteiger partial charge in [-0.15, -0.1) is 0 Å². The van der Waals surface area contributed by atoms with Gasteiger partial charge in [-0.1, -0.05) is 12.5 Å². The Balaban J connectivity index is 2.27. The Morgan fingerprint density at radius 2 is 1.96 bits per heavy atom. The first-order chi connectivity index (χ1) is 12.5. The lowest BCUT2D eigenvalue weighted by Crippen LogP contribution is -2.42. The van der Waals surface area contributed by atoms with E-state index < -0.39 is 27.3 Å². The van der Waals surface area contributed by atoms with Crippen LogP contribution in [0.4, 0.5) is 0 Å². The summed E-state index contributed by atoms with van der Waals surface area (Å²) in [6, 6.07) is 4.44. The van der Waals surface area contributed by atoms with Crippen molar-refractivity contribution in [3.05, 3.63) is 29.3 Å². The van der Waals surface area contributed by atoms with Gasteiger partial charge in [-0.3, -0.25) is 9.59 Å². The molecule has 1 atom stereocenters. The smallest absolute Gasteiger partial charge is 0.310 e. The summed E-state index contributed by atoms with van der Waals surface area (Å²) in [5.74, 6) is -1.50. The van der Waals surface area contributed by atoms with E-state index in [1.54, 1.807) is 13.0 Å². The maximum atomic E-state index is 13.0. The van der Waals surface area contributed by atoms with Crippen LogP contribution in [0, 0.1) is 12.3 Å². The molecule has 2 N–H and O–H groups in total. The van der Waals surface area contributed by atoms with Gasteiger partial charge in [0, 0.05) is 24.7 Å². The first-order valence-corrected chi connectivity index (χ1v) is 10.5. The van der Waals surface area contributed by atoms with E-state index in [9.17, 15) is 18.0 Å². The number of aliphatic carboxylic acids is 1. The number of benzene rings is 1. The SMILES string of the molecule is Cc1ccc(S(=O)(=O)N2CCCCC2C)cc1C(=O)NCC(C)(C)C(=O)O. The quantitative estimate of drug-likeness (QED) is 0.768. The second-order valence-electron chi connectivity index (χ2n) is 7.81.